The van der Waals surface area contributed by atoms with Gasteiger partial charge in [-0.15, -0.1) is 6.58 Å². The molecule has 2 unspecified atom stereocenters. The summed E-state index contributed by atoms with van der Waals surface area (Å²) < 4.78 is 0. The van der Waals surface area contributed by atoms with E-state index in [1.807, 2.05) is 68.3 Å². The van der Waals surface area contributed by atoms with E-state index in [2.05, 4.69) is 37.5 Å². The van der Waals surface area contributed by atoms with E-state index in [4.69, 9.17) is 0 Å². The molecule has 0 amide bonds. The zero-order valence-electron chi connectivity index (χ0n) is 18.9. The number of benzene rings is 1. The van der Waals surface area contributed by atoms with E-state index >= 15 is 0 Å². The highest BCUT2D eigenvalue weighted by atomic mass is 16.1. The molecule has 0 saturated carbocycles. The molecule has 0 aliphatic heterocycles. The summed E-state index contributed by atoms with van der Waals surface area (Å²) in [6.07, 6.45) is 19.7. The number of nitrogens with zero attached hydrogens (tertiary/aromatic N) is 1. The smallest absolute Gasteiger partial charge is 0.150 e. The van der Waals surface area contributed by atoms with Crippen LogP contribution in [-0.2, 0) is 11.3 Å². The average Bonchev–Trinajstić information content (AvgIpc) is 2.76. The van der Waals surface area contributed by atoms with Gasteiger partial charge in [0.05, 0.1) is 5.54 Å². The third kappa shape index (κ3) is 6.47. The minimum Gasteiger partial charge on any atom is -0.301 e. The van der Waals surface area contributed by atoms with Crippen molar-refractivity contribution in [3.63, 3.8) is 0 Å². The van der Waals surface area contributed by atoms with Gasteiger partial charge < -0.3 is 4.79 Å². The predicted octanol–water partition coefficient (Wildman–Crippen LogP) is 6.11. The highest BCUT2D eigenvalue weighted by molar-refractivity contribution is 5.82. The number of carbonyl (C=O) groups is 2. The number of rotatable bonds is 10. The first-order valence-corrected chi connectivity index (χ1v) is 10.6. The van der Waals surface area contributed by atoms with Crippen LogP contribution >= 0.6 is 0 Å². The number of carbonyl (C=O) groups excluding carboxylic acids is 2. The van der Waals surface area contributed by atoms with Gasteiger partial charge in [-0.25, -0.2) is 0 Å². The molecule has 0 radical (unpaired) electrons. The Kier molecular flexibility index (Phi) is 8.89. The number of allylic oxidation sites excluding steroid dienone is 10. The van der Waals surface area contributed by atoms with Crippen LogP contribution in [0.4, 0.5) is 0 Å². The molecule has 2 atom stereocenters. The van der Waals surface area contributed by atoms with Crippen LogP contribution in [0.25, 0.3) is 5.57 Å². The second kappa shape index (κ2) is 11.4. The maximum Gasteiger partial charge on any atom is 0.150 e. The first-order chi connectivity index (χ1) is 14.9. The van der Waals surface area contributed by atoms with Crippen molar-refractivity contribution < 1.29 is 9.59 Å². The van der Waals surface area contributed by atoms with Crippen molar-refractivity contribution in [3.8, 4) is 0 Å². The molecule has 0 heterocycles. The summed E-state index contributed by atoms with van der Waals surface area (Å²) in [6, 6.07) is 5.85. The zero-order chi connectivity index (χ0) is 22.9. The van der Waals surface area contributed by atoms with Gasteiger partial charge in [0.1, 0.15) is 12.6 Å². The monoisotopic (exact) mass is 415 g/mol. The van der Waals surface area contributed by atoms with Crippen molar-refractivity contribution in [3.05, 3.63) is 102 Å². The van der Waals surface area contributed by atoms with Gasteiger partial charge in [-0.05, 0) is 68.2 Å². The molecule has 3 heteroatoms. The average molecular weight is 416 g/mol. The molecule has 3 nitrogen and oxygen atoms in total. The Morgan fingerprint density at radius 1 is 1.19 bits per heavy atom. The lowest BCUT2D eigenvalue weighted by Gasteiger charge is -2.34. The van der Waals surface area contributed by atoms with Crippen LogP contribution in [0.2, 0.25) is 0 Å². The molecule has 1 aliphatic carbocycles. The summed E-state index contributed by atoms with van der Waals surface area (Å²) in [6.45, 7) is 12.3. The molecule has 0 aromatic heterocycles. The lowest BCUT2D eigenvalue weighted by atomic mass is 9.92. The van der Waals surface area contributed by atoms with Gasteiger partial charge in [-0.1, -0.05) is 61.2 Å². The Labute approximate surface area is 186 Å². The molecule has 1 aromatic rings. The molecule has 1 aromatic carbocycles. The van der Waals surface area contributed by atoms with Gasteiger partial charge in [-0.2, -0.15) is 0 Å². The van der Waals surface area contributed by atoms with Gasteiger partial charge >= 0.3 is 0 Å². The Morgan fingerprint density at radius 3 is 2.58 bits per heavy atom. The second-order valence-electron chi connectivity index (χ2n) is 8.19. The van der Waals surface area contributed by atoms with E-state index in [0.29, 0.717) is 18.5 Å². The molecule has 0 spiro atoms. The van der Waals surface area contributed by atoms with Gasteiger partial charge in [0.15, 0.2) is 0 Å². The van der Waals surface area contributed by atoms with Crippen LogP contribution in [0.15, 0.2) is 85.5 Å². The van der Waals surface area contributed by atoms with Crippen molar-refractivity contribution in [2.24, 2.45) is 5.92 Å². The van der Waals surface area contributed by atoms with Crippen LogP contribution in [0.5, 0.6) is 0 Å². The Hall–Kier alpha value is -3.04. The van der Waals surface area contributed by atoms with Crippen LogP contribution in [0.1, 0.15) is 48.2 Å². The SMILES string of the molecule is C=CCCC(C)(C=O)N(C)Cc1cc(C2=C/C(=C)/C=C\C(/C=C\C)/C=C\2)ccc1C=O. The van der Waals surface area contributed by atoms with E-state index in [1.165, 1.54) is 0 Å². The number of hydrogen-bond acceptors (Lipinski definition) is 3. The maximum absolute atomic E-state index is 11.8. The van der Waals surface area contributed by atoms with Crippen LogP contribution in [-0.4, -0.2) is 30.1 Å². The lowest BCUT2D eigenvalue weighted by molar-refractivity contribution is -0.117. The highest BCUT2D eigenvalue weighted by Gasteiger charge is 2.28. The standard InChI is InChI=1S/C28H33NO2/c1-6-8-16-28(4,21-31)29(5)19-27-18-25(14-15-26(27)20-30)24-13-12-23(9-7-2)11-10-22(3)17-24/h6-7,9-15,17-18,20-21,23H,1,3,8,16,19H2,2,4-5H3/b9-7-,11-10-,13-12-,24-17+. The third-order valence-corrected chi connectivity index (χ3v) is 5.78. The third-order valence-electron chi connectivity index (χ3n) is 5.78. The summed E-state index contributed by atoms with van der Waals surface area (Å²) in [5, 5.41) is 0. The molecule has 1 aliphatic rings. The van der Waals surface area contributed by atoms with Crippen LogP contribution < -0.4 is 0 Å². The fraction of sp³-hybridized carbons (Fsp3) is 0.286. The maximum atomic E-state index is 11.8. The van der Waals surface area contributed by atoms with Crippen molar-refractivity contribution in [2.45, 2.75) is 38.8 Å². The molecule has 0 saturated heterocycles. The molecule has 0 N–H and O–H groups in total. The molecule has 0 bridgehead atoms. The summed E-state index contributed by atoms with van der Waals surface area (Å²) >= 11 is 0. The highest BCUT2D eigenvalue weighted by Crippen LogP contribution is 2.27. The topological polar surface area (TPSA) is 37.4 Å². The fourth-order valence-electron chi connectivity index (χ4n) is 3.55. The minimum absolute atomic E-state index is 0.212. The summed E-state index contributed by atoms with van der Waals surface area (Å²) in [7, 11) is 1.92. The zero-order valence-corrected chi connectivity index (χ0v) is 18.9. The van der Waals surface area contributed by atoms with E-state index < -0.39 is 5.54 Å². The van der Waals surface area contributed by atoms with Crippen LogP contribution in [0, 0.1) is 5.92 Å². The summed E-state index contributed by atoms with van der Waals surface area (Å²) in [5.41, 5.74) is 3.88. The quantitative estimate of drug-likeness (QED) is 0.342. The molecular weight excluding hydrogens is 382 g/mol. The normalized spacial score (nSPS) is 22.1. The summed E-state index contributed by atoms with van der Waals surface area (Å²) in [5.74, 6) is 0.212. The minimum atomic E-state index is -0.622. The number of aldehydes is 2. The molecular formula is C28H33NO2. The largest absolute Gasteiger partial charge is 0.301 e. The van der Waals surface area contributed by atoms with E-state index in [-0.39, 0.29) is 5.92 Å². The van der Waals surface area contributed by atoms with Gasteiger partial charge in [0, 0.05) is 18.0 Å². The first kappa shape index (κ1) is 24.2. The number of hydrogen-bond donors (Lipinski definition) is 0. The Bertz CT molecular complexity index is 948. The Morgan fingerprint density at radius 2 is 1.94 bits per heavy atom. The molecule has 0 fully saturated rings. The predicted molar refractivity (Wildman–Crippen MR) is 131 cm³/mol. The van der Waals surface area contributed by atoms with Crippen molar-refractivity contribution in [1.82, 2.24) is 4.90 Å². The van der Waals surface area contributed by atoms with Gasteiger partial charge in [0.25, 0.3) is 0 Å². The second-order valence-corrected chi connectivity index (χ2v) is 8.19. The van der Waals surface area contributed by atoms with E-state index in [9.17, 15) is 9.59 Å². The van der Waals surface area contributed by atoms with Gasteiger partial charge in [0.2, 0.25) is 0 Å². The van der Waals surface area contributed by atoms with E-state index in [0.717, 1.165) is 41.3 Å². The molecule has 2 rings (SSSR count). The number of likely N-dealkylation sites (N-methyl/N-ethyl adjacent to an activating group) is 1. The summed E-state index contributed by atoms with van der Waals surface area (Å²) in [4.78, 5) is 25.5. The van der Waals surface area contributed by atoms with E-state index in [1.54, 1.807) is 0 Å². The van der Waals surface area contributed by atoms with Crippen molar-refractivity contribution in [1.29, 1.82) is 0 Å². The van der Waals surface area contributed by atoms with Crippen molar-refractivity contribution in [2.75, 3.05) is 7.05 Å². The molecule has 162 valence electrons. The molecule has 31 heavy (non-hydrogen) atoms. The lowest BCUT2D eigenvalue weighted by Crippen LogP contribution is -2.44. The fourth-order valence-corrected chi connectivity index (χ4v) is 3.55. The first-order valence-electron chi connectivity index (χ1n) is 10.6. The van der Waals surface area contributed by atoms with Gasteiger partial charge in [-0.3, -0.25) is 9.69 Å². The van der Waals surface area contributed by atoms with Crippen LogP contribution in [0.3, 0.4) is 0 Å². The van der Waals surface area contributed by atoms with Crippen molar-refractivity contribution >= 4 is 18.1 Å². The Balaban J connectivity index is 2.40.